The van der Waals surface area contributed by atoms with Gasteiger partial charge in [0.1, 0.15) is 5.01 Å². The Morgan fingerprint density at radius 3 is 2.70 bits per heavy atom. The molecule has 27 heavy (non-hydrogen) atoms. The van der Waals surface area contributed by atoms with Gasteiger partial charge in [0.15, 0.2) is 0 Å². The third-order valence-corrected chi connectivity index (χ3v) is 5.85. The molecule has 0 aliphatic carbocycles. The van der Waals surface area contributed by atoms with Gasteiger partial charge in [0.2, 0.25) is 17.7 Å². The first kappa shape index (κ1) is 17.9. The van der Waals surface area contributed by atoms with Crippen molar-refractivity contribution in [2.75, 3.05) is 13.1 Å². The van der Waals surface area contributed by atoms with Crippen LogP contribution in [0.5, 0.6) is 0 Å². The topological polar surface area (TPSA) is 72.1 Å². The van der Waals surface area contributed by atoms with Gasteiger partial charge in [0, 0.05) is 43.3 Å². The van der Waals surface area contributed by atoms with Crippen molar-refractivity contribution < 1.29 is 9.21 Å². The van der Waals surface area contributed by atoms with Gasteiger partial charge < -0.3 is 9.32 Å². The summed E-state index contributed by atoms with van der Waals surface area (Å²) in [7, 11) is 0. The van der Waals surface area contributed by atoms with Crippen molar-refractivity contribution in [1.82, 2.24) is 20.1 Å². The second-order valence-corrected chi connectivity index (χ2v) is 7.68. The number of piperidine rings is 1. The lowest BCUT2D eigenvalue weighted by Gasteiger charge is -2.30. The Bertz CT molecular complexity index is 898. The molecule has 0 atom stereocenters. The van der Waals surface area contributed by atoms with Gasteiger partial charge in [-0.25, -0.2) is 4.98 Å². The van der Waals surface area contributed by atoms with E-state index in [9.17, 15) is 4.79 Å². The molecule has 1 aliphatic heterocycles. The third kappa shape index (κ3) is 4.24. The molecule has 140 valence electrons. The number of rotatable bonds is 5. The molecule has 4 rings (SSSR count). The largest absolute Gasteiger partial charge is 0.425 e. The smallest absolute Gasteiger partial charge is 0.222 e. The molecule has 1 aliphatic rings. The quantitative estimate of drug-likeness (QED) is 0.670. The van der Waals surface area contributed by atoms with Crippen LogP contribution < -0.4 is 0 Å². The predicted octanol–water partition coefficient (Wildman–Crippen LogP) is 3.84. The summed E-state index contributed by atoms with van der Waals surface area (Å²) < 4.78 is 5.53. The number of carbonyl (C=O) groups excluding carboxylic acids is 1. The molecule has 2 aromatic heterocycles. The van der Waals surface area contributed by atoms with E-state index in [0.29, 0.717) is 24.6 Å². The van der Waals surface area contributed by atoms with Gasteiger partial charge in [-0.05, 0) is 19.3 Å². The second kappa shape index (κ2) is 8.00. The molecular weight excluding hydrogens is 360 g/mol. The molecule has 7 heteroatoms. The minimum absolute atomic E-state index is 0.199. The van der Waals surface area contributed by atoms with E-state index in [0.717, 1.165) is 42.2 Å². The molecule has 1 aromatic carbocycles. The number of amides is 1. The van der Waals surface area contributed by atoms with Crippen molar-refractivity contribution in [1.29, 1.82) is 0 Å². The highest BCUT2D eigenvalue weighted by atomic mass is 32.1. The standard InChI is InChI=1S/C20H22N4O2S/c1-14-22-23-19(26-14)15-9-11-24(12-10-15)18(25)8-7-17-13-27-20(21-17)16-5-3-2-4-6-16/h2-6,13,15H,7-12H2,1H3. The maximum atomic E-state index is 12.5. The van der Waals surface area contributed by atoms with Crippen LogP contribution in [0.4, 0.5) is 0 Å². The second-order valence-electron chi connectivity index (χ2n) is 6.82. The summed E-state index contributed by atoms with van der Waals surface area (Å²) in [6, 6.07) is 10.1. The molecule has 1 fully saturated rings. The highest BCUT2D eigenvalue weighted by Crippen LogP contribution is 2.28. The average Bonchev–Trinajstić information content (AvgIpc) is 3.36. The number of hydrogen-bond acceptors (Lipinski definition) is 6. The van der Waals surface area contributed by atoms with Gasteiger partial charge in [-0.1, -0.05) is 30.3 Å². The van der Waals surface area contributed by atoms with E-state index in [2.05, 4.69) is 32.7 Å². The van der Waals surface area contributed by atoms with E-state index >= 15 is 0 Å². The number of aryl methyl sites for hydroxylation is 2. The van der Waals surface area contributed by atoms with Crippen LogP contribution in [0.15, 0.2) is 40.1 Å². The normalized spacial score (nSPS) is 15.2. The van der Waals surface area contributed by atoms with Crippen LogP contribution in [0.1, 0.15) is 42.7 Å². The fourth-order valence-corrected chi connectivity index (χ4v) is 4.24. The minimum atomic E-state index is 0.199. The highest BCUT2D eigenvalue weighted by Gasteiger charge is 2.26. The SMILES string of the molecule is Cc1nnc(C2CCN(C(=O)CCc3csc(-c4ccccc4)n3)CC2)o1. The fraction of sp³-hybridized carbons (Fsp3) is 0.400. The monoisotopic (exact) mass is 382 g/mol. The summed E-state index contributed by atoms with van der Waals surface area (Å²) in [6.07, 6.45) is 2.94. The molecular formula is C20H22N4O2S. The first-order chi connectivity index (χ1) is 13.2. The molecule has 0 saturated carbocycles. The van der Waals surface area contributed by atoms with Crippen LogP contribution in [-0.4, -0.2) is 39.1 Å². The number of hydrogen-bond donors (Lipinski definition) is 0. The fourth-order valence-electron chi connectivity index (χ4n) is 3.38. The zero-order valence-corrected chi connectivity index (χ0v) is 16.1. The molecule has 0 spiro atoms. The lowest BCUT2D eigenvalue weighted by molar-refractivity contribution is -0.132. The third-order valence-electron chi connectivity index (χ3n) is 4.91. The molecule has 1 amide bonds. The summed E-state index contributed by atoms with van der Waals surface area (Å²) >= 11 is 1.63. The van der Waals surface area contributed by atoms with Crippen LogP contribution >= 0.6 is 11.3 Å². The first-order valence-electron chi connectivity index (χ1n) is 9.26. The van der Waals surface area contributed by atoms with E-state index < -0.39 is 0 Å². The predicted molar refractivity (Wildman–Crippen MR) is 103 cm³/mol. The Morgan fingerprint density at radius 1 is 1.22 bits per heavy atom. The number of likely N-dealkylation sites (tertiary alicyclic amines) is 1. The van der Waals surface area contributed by atoms with E-state index in [1.807, 2.05) is 23.1 Å². The van der Waals surface area contributed by atoms with Crippen molar-refractivity contribution >= 4 is 17.2 Å². The lowest BCUT2D eigenvalue weighted by Crippen LogP contribution is -2.38. The van der Waals surface area contributed by atoms with Crippen LogP contribution in [0, 0.1) is 6.92 Å². The summed E-state index contributed by atoms with van der Waals surface area (Å²) in [5, 5.41) is 11.1. The van der Waals surface area contributed by atoms with Crippen molar-refractivity contribution in [3.05, 3.63) is 53.2 Å². The molecule has 1 saturated heterocycles. The molecule has 0 bridgehead atoms. The number of carbonyl (C=O) groups is 1. The van der Waals surface area contributed by atoms with E-state index in [1.165, 1.54) is 0 Å². The summed E-state index contributed by atoms with van der Waals surface area (Å²) in [5.74, 6) is 1.77. The molecule has 6 nitrogen and oxygen atoms in total. The van der Waals surface area contributed by atoms with Gasteiger partial charge in [-0.2, -0.15) is 0 Å². The van der Waals surface area contributed by atoms with Gasteiger partial charge in [-0.15, -0.1) is 21.5 Å². The van der Waals surface area contributed by atoms with E-state index in [4.69, 9.17) is 4.42 Å². The Labute approximate surface area is 162 Å². The Kier molecular flexibility index (Phi) is 5.29. The number of thiazole rings is 1. The summed E-state index contributed by atoms with van der Waals surface area (Å²) in [6.45, 7) is 3.30. The van der Waals surface area contributed by atoms with Crippen LogP contribution in [0.3, 0.4) is 0 Å². The zero-order valence-electron chi connectivity index (χ0n) is 15.3. The highest BCUT2D eigenvalue weighted by molar-refractivity contribution is 7.13. The summed E-state index contributed by atoms with van der Waals surface area (Å²) in [4.78, 5) is 19.2. The number of nitrogens with zero attached hydrogens (tertiary/aromatic N) is 4. The first-order valence-corrected chi connectivity index (χ1v) is 10.1. The van der Waals surface area contributed by atoms with Crippen LogP contribution in [0.2, 0.25) is 0 Å². The van der Waals surface area contributed by atoms with Crippen LogP contribution in [-0.2, 0) is 11.2 Å². The van der Waals surface area contributed by atoms with Crippen molar-refractivity contribution in [3.8, 4) is 10.6 Å². The molecule has 0 unspecified atom stereocenters. The Hall–Kier alpha value is -2.54. The maximum absolute atomic E-state index is 12.5. The Morgan fingerprint density at radius 2 is 2.00 bits per heavy atom. The number of benzene rings is 1. The lowest BCUT2D eigenvalue weighted by atomic mass is 9.96. The maximum Gasteiger partial charge on any atom is 0.222 e. The van der Waals surface area contributed by atoms with E-state index in [1.54, 1.807) is 18.3 Å². The van der Waals surface area contributed by atoms with Gasteiger partial charge in [0.25, 0.3) is 0 Å². The van der Waals surface area contributed by atoms with Gasteiger partial charge in [0.05, 0.1) is 5.69 Å². The van der Waals surface area contributed by atoms with Crippen molar-refractivity contribution in [2.45, 2.75) is 38.5 Å². The van der Waals surface area contributed by atoms with E-state index in [-0.39, 0.29) is 11.8 Å². The Balaban J connectivity index is 1.27. The molecule has 3 heterocycles. The zero-order chi connectivity index (χ0) is 18.6. The molecule has 3 aromatic rings. The summed E-state index contributed by atoms with van der Waals surface area (Å²) in [5.41, 5.74) is 2.11. The number of aromatic nitrogens is 3. The van der Waals surface area contributed by atoms with Crippen LogP contribution in [0.25, 0.3) is 10.6 Å². The van der Waals surface area contributed by atoms with Gasteiger partial charge in [-0.3, -0.25) is 4.79 Å². The van der Waals surface area contributed by atoms with Gasteiger partial charge >= 0.3 is 0 Å². The molecule has 0 radical (unpaired) electrons. The molecule has 0 N–H and O–H groups in total. The average molecular weight is 382 g/mol. The van der Waals surface area contributed by atoms with Crippen molar-refractivity contribution in [2.24, 2.45) is 0 Å². The van der Waals surface area contributed by atoms with Crippen molar-refractivity contribution in [3.63, 3.8) is 0 Å². The minimum Gasteiger partial charge on any atom is -0.425 e.